The molecule has 0 radical (unpaired) electrons. The number of hydrogen-bond donors (Lipinski definition) is 1. The number of urea groups is 1. The summed E-state index contributed by atoms with van der Waals surface area (Å²) in [5.74, 6) is 0.325. The summed E-state index contributed by atoms with van der Waals surface area (Å²) in [5.41, 5.74) is 2.21. The van der Waals surface area contributed by atoms with E-state index in [0.29, 0.717) is 44.4 Å². The van der Waals surface area contributed by atoms with Crippen LogP contribution in [-0.4, -0.2) is 55.7 Å². The lowest BCUT2D eigenvalue weighted by atomic mass is 10.1. The number of benzene rings is 3. The fourth-order valence-electron chi connectivity index (χ4n) is 4.04. The number of nitrogens with zero attached hydrogens (tertiary/aromatic N) is 2. The van der Waals surface area contributed by atoms with Gasteiger partial charge in [0, 0.05) is 37.7 Å². The molecule has 184 valence electrons. The fraction of sp³-hybridized carbons (Fsp3) is 0.296. The van der Waals surface area contributed by atoms with Crippen molar-refractivity contribution in [1.82, 2.24) is 9.80 Å². The first-order valence-corrected chi connectivity index (χ1v) is 11.9. The quantitative estimate of drug-likeness (QED) is 0.440. The fourth-order valence-corrected chi connectivity index (χ4v) is 4.26. The normalized spacial score (nSPS) is 15.0. The Morgan fingerprint density at radius 1 is 1.03 bits per heavy atom. The van der Waals surface area contributed by atoms with Crippen LogP contribution in [0.3, 0.4) is 0 Å². The zero-order chi connectivity index (χ0) is 24.6. The highest BCUT2D eigenvalue weighted by Crippen LogP contribution is 2.25. The van der Waals surface area contributed by atoms with Crippen molar-refractivity contribution in [1.29, 1.82) is 0 Å². The van der Waals surface area contributed by atoms with E-state index in [1.807, 2.05) is 48.5 Å². The van der Waals surface area contributed by atoms with Crippen LogP contribution in [0.25, 0.3) is 0 Å². The lowest BCUT2D eigenvalue weighted by Crippen LogP contribution is -2.50. The van der Waals surface area contributed by atoms with E-state index in [9.17, 15) is 9.18 Å². The predicted octanol–water partition coefficient (Wildman–Crippen LogP) is 5.60. The minimum Gasteiger partial charge on any atom is -0.497 e. The van der Waals surface area contributed by atoms with Crippen molar-refractivity contribution < 1.29 is 18.7 Å². The Labute approximate surface area is 210 Å². The van der Waals surface area contributed by atoms with E-state index >= 15 is 0 Å². The van der Waals surface area contributed by atoms with Gasteiger partial charge in [-0.05, 0) is 47.5 Å². The van der Waals surface area contributed by atoms with Gasteiger partial charge in [-0.3, -0.25) is 4.90 Å². The molecule has 6 nitrogen and oxygen atoms in total. The van der Waals surface area contributed by atoms with Crippen LogP contribution in [0.4, 0.5) is 14.9 Å². The topological polar surface area (TPSA) is 54.0 Å². The van der Waals surface area contributed by atoms with Crippen molar-refractivity contribution in [3.8, 4) is 5.75 Å². The Morgan fingerprint density at radius 2 is 1.80 bits per heavy atom. The summed E-state index contributed by atoms with van der Waals surface area (Å²) in [5, 5.41) is 3.34. The summed E-state index contributed by atoms with van der Waals surface area (Å²) >= 11 is 6.13. The molecule has 0 unspecified atom stereocenters. The van der Waals surface area contributed by atoms with Crippen molar-refractivity contribution in [2.75, 3.05) is 45.2 Å². The van der Waals surface area contributed by atoms with Crippen LogP contribution in [0, 0.1) is 5.82 Å². The van der Waals surface area contributed by atoms with E-state index in [4.69, 9.17) is 21.1 Å². The smallest absolute Gasteiger partial charge is 0.322 e. The number of anilines is 1. The predicted molar refractivity (Wildman–Crippen MR) is 135 cm³/mol. The first-order valence-electron chi connectivity index (χ1n) is 11.5. The largest absolute Gasteiger partial charge is 0.497 e. The third kappa shape index (κ3) is 6.94. The molecule has 2 amide bonds. The summed E-state index contributed by atoms with van der Waals surface area (Å²) in [6.45, 7) is 3.54. The molecule has 1 heterocycles. The molecule has 0 aromatic heterocycles. The lowest BCUT2D eigenvalue weighted by Gasteiger charge is -2.36. The lowest BCUT2D eigenvalue weighted by molar-refractivity contribution is 0.00584. The number of halogens is 2. The summed E-state index contributed by atoms with van der Waals surface area (Å²) in [4.78, 5) is 16.6. The van der Waals surface area contributed by atoms with Crippen molar-refractivity contribution in [3.63, 3.8) is 0 Å². The Bertz CT molecular complexity index is 1140. The molecule has 0 saturated carbocycles. The highest BCUT2D eigenvalue weighted by atomic mass is 35.5. The van der Waals surface area contributed by atoms with Crippen molar-refractivity contribution in [2.45, 2.75) is 12.7 Å². The molecule has 1 N–H and O–H groups in total. The SMILES string of the molecule is COc1cccc([C@@H](CN2CCN(C(=O)Nc3ccccc3F)CC2)OCc2cccc(Cl)c2)c1. The number of para-hydroxylation sites is 1. The molecule has 1 aliphatic heterocycles. The van der Waals surface area contributed by atoms with E-state index < -0.39 is 5.82 Å². The van der Waals surface area contributed by atoms with E-state index in [-0.39, 0.29) is 17.8 Å². The molecule has 0 aliphatic carbocycles. The van der Waals surface area contributed by atoms with Gasteiger partial charge in [0.2, 0.25) is 0 Å². The monoisotopic (exact) mass is 497 g/mol. The average molecular weight is 498 g/mol. The molecule has 4 rings (SSSR count). The Hall–Kier alpha value is -3.13. The molecule has 3 aromatic rings. The highest BCUT2D eigenvalue weighted by molar-refractivity contribution is 6.30. The molecule has 3 aromatic carbocycles. The van der Waals surface area contributed by atoms with E-state index in [0.717, 1.165) is 16.9 Å². The van der Waals surface area contributed by atoms with Crippen LogP contribution in [-0.2, 0) is 11.3 Å². The molecule has 1 saturated heterocycles. The average Bonchev–Trinajstić information content (AvgIpc) is 2.88. The second-order valence-electron chi connectivity index (χ2n) is 8.40. The zero-order valence-corrected chi connectivity index (χ0v) is 20.4. The van der Waals surface area contributed by atoms with Gasteiger partial charge in [-0.1, -0.05) is 48.0 Å². The van der Waals surface area contributed by atoms with Gasteiger partial charge in [0.15, 0.2) is 0 Å². The van der Waals surface area contributed by atoms with Gasteiger partial charge < -0.3 is 19.7 Å². The molecule has 1 atom stereocenters. The maximum Gasteiger partial charge on any atom is 0.322 e. The van der Waals surface area contributed by atoms with Crippen LogP contribution < -0.4 is 10.1 Å². The molecule has 1 aliphatic rings. The van der Waals surface area contributed by atoms with Crippen LogP contribution in [0.5, 0.6) is 5.75 Å². The number of carbonyl (C=O) groups is 1. The number of methoxy groups -OCH3 is 1. The van der Waals surface area contributed by atoms with Gasteiger partial charge in [-0.2, -0.15) is 0 Å². The molecule has 0 spiro atoms. The number of ether oxygens (including phenoxy) is 2. The molecule has 8 heteroatoms. The van der Waals surface area contributed by atoms with E-state index in [2.05, 4.69) is 10.2 Å². The number of piperazine rings is 1. The second kappa shape index (κ2) is 12.0. The highest BCUT2D eigenvalue weighted by Gasteiger charge is 2.25. The Balaban J connectivity index is 1.38. The van der Waals surface area contributed by atoms with E-state index in [1.165, 1.54) is 6.07 Å². The Morgan fingerprint density at radius 3 is 2.54 bits per heavy atom. The van der Waals surface area contributed by atoms with Crippen molar-refractivity contribution >= 4 is 23.3 Å². The number of amides is 2. The van der Waals surface area contributed by atoms with Gasteiger partial charge in [0.05, 0.1) is 25.5 Å². The third-order valence-corrected chi connectivity index (χ3v) is 6.24. The molecule has 35 heavy (non-hydrogen) atoms. The van der Waals surface area contributed by atoms with Crippen LogP contribution in [0.1, 0.15) is 17.2 Å². The van der Waals surface area contributed by atoms with Gasteiger partial charge >= 0.3 is 6.03 Å². The minimum absolute atomic E-state index is 0.187. The number of carbonyl (C=O) groups excluding carboxylic acids is 1. The van der Waals surface area contributed by atoms with Crippen LogP contribution >= 0.6 is 11.6 Å². The van der Waals surface area contributed by atoms with Gasteiger partial charge in [-0.25, -0.2) is 9.18 Å². The number of rotatable bonds is 8. The molecular formula is C27H29ClFN3O3. The summed E-state index contributed by atoms with van der Waals surface area (Å²) in [6.07, 6.45) is -0.192. The number of hydrogen-bond acceptors (Lipinski definition) is 4. The summed E-state index contributed by atoms with van der Waals surface area (Å²) in [6, 6.07) is 21.4. The zero-order valence-electron chi connectivity index (χ0n) is 19.6. The standard InChI is InChI=1S/C27H29ClFN3O3/c1-34-23-9-5-7-21(17-23)26(35-19-20-6-4-8-22(28)16-20)18-31-12-14-32(15-13-31)27(33)30-25-11-3-2-10-24(25)29/h2-11,16-17,26H,12-15,18-19H2,1H3,(H,30,33)/t26-/m1/s1. The summed E-state index contributed by atoms with van der Waals surface area (Å²) < 4.78 is 25.6. The van der Waals surface area contributed by atoms with E-state index in [1.54, 1.807) is 30.2 Å². The molecule has 0 bridgehead atoms. The number of nitrogens with one attached hydrogen (secondary N) is 1. The minimum atomic E-state index is -0.447. The van der Waals surface area contributed by atoms with Crippen molar-refractivity contribution in [2.24, 2.45) is 0 Å². The van der Waals surface area contributed by atoms with Crippen LogP contribution in [0.2, 0.25) is 5.02 Å². The summed E-state index contributed by atoms with van der Waals surface area (Å²) in [7, 11) is 1.65. The maximum absolute atomic E-state index is 13.9. The first kappa shape index (κ1) is 25.0. The van der Waals surface area contributed by atoms with Gasteiger partial charge in [-0.15, -0.1) is 0 Å². The molecule has 1 fully saturated rings. The van der Waals surface area contributed by atoms with Gasteiger partial charge in [0.25, 0.3) is 0 Å². The van der Waals surface area contributed by atoms with Gasteiger partial charge in [0.1, 0.15) is 11.6 Å². The molecular weight excluding hydrogens is 469 g/mol. The Kier molecular flexibility index (Phi) is 8.58. The third-order valence-electron chi connectivity index (χ3n) is 6.00. The van der Waals surface area contributed by atoms with Crippen LogP contribution in [0.15, 0.2) is 72.8 Å². The second-order valence-corrected chi connectivity index (χ2v) is 8.84. The maximum atomic E-state index is 13.9. The first-order chi connectivity index (χ1) is 17.0. The van der Waals surface area contributed by atoms with Crippen molar-refractivity contribution in [3.05, 3.63) is 94.8 Å².